The quantitative estimate of drug-likeness (QED) is 0.148. The summed E-state index contributed by atoms with van der Waals surface area (Å²) in [5.74, 6) is 1.25. The van der Waals surface area contributed by atoms with Crippen LogP contribution in [-0.4, -0.2) is 68.6 Å². The minimum absolute atomic E-state index is 0.116. The molecule has 1 unspecified atom stereocenters. The van der Waals surface area contributed by atoms with Gasteiger partial charge in [-0.2, -0.15) is 0 Å². The topological polar surface area (TPSA) is 131 Å². The van der Waals surface area contributed by atoms with Crippen LogP contribution >= 0.6 is 22.9 Å². The number of carbonyl (C=O) groups is 2. The molecule has 5 aromatic rings. The van der Waals surface area contributed by atoms with E-state index in [-0.39, 0.29) is 12.2 Å². The van der Waals surface area contributed by atoms with Crippen LogP contribution in [0, 0.1) is 6.92 Å². The highest BCUT2D eigenvalue weighted by molar-refractivity contribution is 7.16. The van der Waals surface area contributed by atoms with Gasteiger partial charge < -0.3 is 28.3 Å². The second kappa shape index (κ2) is 13.5. The Morgan fingerprint density at radius 2 is 1.85 bits per heavy atom. The molecule has 48 heavy (non-hydrogen) atoms. The van der Waals surface area contributed by atoms with Crippen molar-refractivity contribution in [2.24, 2.45) is 0 Å². The molecule has 0 aliphatic carbocycles. The number of ether oxygens (including phenoxy) is 4. The number of piperidine rings is 1. The van der Waals surface area contributed by atoms with Gasteiger partial charge >= 0.3 is 12.1 Å². The van der Waals surface area contributed by atoms with E-state index < -0.39 is 17.7 Å². The van der Waals surface area contributed by atoms with Gasteiger partial charge in [0.15, 0.2) is 4.88 Å². The Morgan fingerprint density at radius 3 is 2.54 bits per heavy atom. The van der Waals surface area contributed by atoms with E-state index in [1.54, 1.807) is 24.2 Å². The maximum absolute atomic E-state index is 12.9. The molecule has 3 aromatic heterocycles. The van der Waals surface area contributed by atoms with Crippen LogP contribution in [0.1, 0.15) is 67.8 Å². The summed E-state index contributed by atoms with van der Waals surface area (Å²) in [5, 5.41) is 9.12. The fourth-order valence-electron chi connectivity index (χ4n) is 5.39. The summed E-state index contributed by atoms with van der Waals surface area (Å²) in [5.41, 5.74) is 2.43. The molecule has 0 bridgehead atoms. The number of likely N-dealkylation sites (tertiary alicyclic amines) is 1. The minimum Gasteiger partial charge on any atom is -0.489 e. The Hall–Kier alpha value is -4.62. The number of halogens is 1. The summed E-state index contributed by atoms with van der Waals surface area (Å²) < 4.78 is 30.7. The van der Waals surface area contributed by atoms with Crippen LogP contribution in [-0.2, 0) is 9.47 Å². The molecule has 1 fully saturated rings. The van der Waals surface area contributed by atoms with Crippen LogP contribution in [0.25, 0.3) is 27.5 Å². The van der Waals surface area contributed by atoms with Crippen LogP contribution < -0.4 is 9.47 Å². The Balaban J connectivity index is 1.18. The van der Waals surface area contributed by atoms with Crippen molar-refractivity contribution in [1.82, 2.24) is 24.6 Å². The minimum atomic E-state index is -0.547. The highest BCUT2D eigenvalue weighted by atomic mass is 35.5. The van der Waals surface area contributed by atoms with Crippen LogP contribution in [0.5, 0.6) is 11.5 Å². The number of carbonyl (C=O) groups excluding carboxylic acids is 2. The SMILES string of the molecule is COC(=O)c1sc(-n2cnc3cc(-c4nnc(C)o4)ccc32)cc1OC(C)c1cccc(OC2CCN(C(=O)OC(C)(C)C)CC2)c1Cl. The number of benzene rings is 2. The standard InChI is InChI=1S/C34H36ClN5O7S/c1-19(23-8-7-9-26(29(23)35)46-22-12-14-39(15-13-22)33(42)47-34(3,4)5)44-27-17-28(48-30(27)32(41)43-6)40-18-36-24-16-21(10-11-25(24)40)31-38-37-20(2)45-31/h7-11,16-19,22H,12-15H2,1-6H3. The molecule has 1 aliphatic rings. The molecule has 12 nitrogen and oxygen atoms in total. The van der Waals surface area contributed by atoms with E-state index in [1.165, 1.54) is 18.4 Å². The predicted molar refractivity (Wildman–Crippen MR) is 180 cm³/mol. The number of aryl methyl sites for hydroxylation is 1. The van der Waals surface area contributed by atoms with Crippen molar-refractivity contribution < 1.29 is 33.0 Å². The largest absolute Gasteiger partial charge is 0.489 e. The zero-order valence-corrected chi connectivity index (χ0v) is 29.1. The molecule has 2 aromatic carbocycles. The Kier molecular flexibility index (Phi) is 9.35. The normalized spacial score (nSPS) is 14.6. The van der Waals surface area contributed by atoms with Crippen molar-refractivity contribution in [1.29, 1.82) is 0 Å². The van der Waals surface area contributed by atoms with Gasteiger partial charge in [0, 0.05) is 50.0 Å². The zero-order valence-electron chi connectivity index (χ0n) is 27.5. The third kappa shape index (κ3) is 7.12. The molecule has 0 saturated carbocycles. The van der Waals surface area contributed by atoms with Gasteiger partial charge in [-0.1, -0.05) is 23.7 Å². The summed E-state index contributed by atoms with van der Waals surface area (Å²) in [4.78, 5) is 31.9. The van der Waals surface area contributed by atoms with Crippen LogP contribution in [0.15, 0.2) is 53.2 Å². The second-order valence-corrected chi connectivity index (χ2v) is 13.8. The van der Waals surface area contributed by atoms with E-state index in [0.717, 1.165) is 11.1 Å². The lowest BCUT2D eigenvalue weighted by atomic mass is 10.1. The Morgan fingerprint density at radius 1 is 1.08 bits per heavy atom. The molecule has 0 spiro atoms. The molecule has 0 radical (unpaired) electrons. The lowest BCUT2D eigenvalue weighted by molar-refractivity contribution is 0.0126. The van der Waals surface area contributed by atoms with Gasteiger partial charge in [0.25, 0.3) is 0 Å². The van der Waals surface area contributed by atoms with E-state index in [0.29, 0.717) is 75.2 Å². The maximum Gasteiger partial charge on any atom is 0.410 e. The third-order valence-electron chi connectivity index (χ3n) is 7.74. The van der Waals surface area contributed by atoms with Gasteiger partial charge in [0.05, 0.1) is 23.2 Å². The average molecular weight is 694 g/mol. The van der Waals surface area contributed by atoms with Gasteiger partial charge in [-0.15, -0.1) is 21.5 Å². The van der Waals surface area contributed by atoms with Crippen molar-refractivity contribution in [2.75, 3.05) is 20.2 Å². The van der Waals surface area contributed by atoms with Crippen LogP contribution in [0.2, 0.25) is 5.02 Å². The Labute approximate surface area is 286 Å². The number of amides is 1. The first kappa shape index (κ1) is 33.3. The molecule has 6 rings (SSSR count). The number of hydrogen-bond donors (Lipinski definition) is 0. The first-order valence-corrected chi connectivity index (χ1v) is 16.7. The first-order chi connectivity index (χ1) is 22.9. The van der Waals surface area contributed by atoms with Crippen LogP contribution in [0.4, 0.5) is 4.79 Å². The molecular formula is C34H36ClN5O7S. The van der Waals surface area contributed by atoms with Crippen molar-refractivity contribution in [2.45, 2.75) is 65.3 Å². The molecule has 4 heterocycles. The lowest BCUT2D eigenvalue weighted by Gasteiger charge is -2.33. The zero-order chi connectivity index (χ0) is 34.2. The first-order valence-electron chi connectivity index (χ1n) is 15.5. The van der Waals surface area contributed by atoms with E-state index in [9.17, 15) is 9.59 Å². The fourth-order valence-corrected chi connectivity index (χ4v) is 6.70. The predicted octanol–water partition coefficient (Wildman–Crippen LogP) is 7.80. The highest BCUT2D eigenvalue weighted by Gasteiger charge is 2.29. The molecule has 1 amide bonds. The van der Waals surface area contributed by atoms with Gasteiger partial charge in [0.1, 0.15) is 40.6 Å². The van der Waals surface area contributed by atoms with Crippen molar-refractivity contribution in [3.8, 4) is 28.0 Å². The molecule has 0 N–H and O–H groups in total. The number of rotatable bonds is 8. The van der Waals surface area contributed by atoms with Crippen molar-refractivity contribution in [3.05, 3.63) is 70.1 Å². The van der Waals surface area contributed by atoms with E-state index >= 15 is 0 Å². The van der Waals surface area contributed by atoms with Gasteiger partial charge in [0.2, 0.25) is 11.8 Å². The number of nitrogens with zero attached hydrogens (tertiary/aromatic N) is 5. The number of imidazole rings is 1. The van der Waals surface area contributed by atoms with Gasteiger partial charge in [-0.25, -0.2) is 14.6 Å². The number of esters is 1. The molecule has 1 aliphatic heterocycles. The molecular weight excluding hydrogens is 658 g/mol. The second-order valence-electron chi connectivity index (χ2n) is 12.4. The maximum atomic E-state index is 12.9. The Bertz CT molecular complexity index is 1950. The number of methoxy groups -OCH3 is 1. The van der Waals surface area contributed by atoms with Gasteiger partial charge in [-0.05, 0) is 52.0 Å². The lowest BCUT2D eigenvalue weighted by Crippen LogP contribution is -2.44. The molecule has 14 heteroatoms. The highest BCUT2D eigenvalue weighted by Crippen LogP contribution is 2.40. The molecule has 1 atom stereocenters. The van der Waals surface area contributed by atoms with Gasteiger partial charge in [-0.3, -0.25) is 4.57 Å². The summed E-state index contributed by atoms with van der Waals surface area (Å²) in [6, 6.07) is 13.0. The third-order valence-corrected chi connectivity index (χ3v) is 9.24. The monoisotopic (exact) mass is 693 g/mol. The summed E-state index contributed by atoms with van der Waals surface area (Å²) >= 11 is 8.10. The van der Waals surface area contributed by atoms with Crippen molar-refractivity contribution in [3.63, 3.8) is 0 Å². The fraction of sp³-hybridized carbons (Fsp3) is 0.382. The summed E-state index contributed by atoms with van der Waals surface area (Å²) in [7, 11) is 1.33. The van der Waals surface area contributed by atoms with E-state index in [1.807, 2.05) is 68.7 Å². The molecule has 252 valence electrons. The average Bonchev–Trinajstić information content (AvgIpc) is 3.79. The van der Waals surface area contributed by atoms with E-state index in [4.69, 9.17) is 35.0 Å². The summed E-state index contributed by atoms with van der Waals surface area (Å²) in [6.07, 6.45) is 2.00. The number of fused-ring (bicyclic) bond motifs is 1. The number of thiophene rings is 1. The molecule has 1 saturated heterocycles. The van der Waals surface area contributed by atoms with Crippen LogP contribution in [0.3, 0.4) is 0 Å². The number of hydrogen-bond acceptors (Lipinski definition) is 11. The number of aromatic nitrogens is 4. The smallest absolute Gasteiger partial charge is 0.410 e. The van der Waals surface area contributed by atoms with Crippen molar-refractivity contribution >= 4 is 46.0 Å². The summed E-state index contributed by atoms with van der Waals surface area (Å²) in [6.45, 7) is 10.2. The van der Waals surface area contributed by atoms with E-state index in [2.05, 4.69) is 15.2 Å².